The number of para-hydroxylation sites is 6. The second-order valence-electron chi connectivity index (χ2n) is 33.2. The molecule has 13 rings (SSSR count). The molecule has 12 heteroatoms. The molecule has 0 saturated carbocycles. The van der Waals surface area contributed by atoms with Crippen molar-refractivity contribution in [1.29, 1.82) is 0 Å². The highest BCUT2D eigenvalue weighted by atomic mass is 16.5. The van der Waals surface area contributed by atoms with Crippen molar-refractivity contribution in [1.82, 2.24) is 0 Å². The minimum Gasteiger partial charge on any atom is -0.453 e. The zero-order valence-electron chi connectivity index (χ0n) is 67.9. The van der Waals surface area contributed by atoms with E-state index in [0.29, 0.717) is 103 Å². The van der Waals surface area contributed by atoms with Crippen LogP contribution >= 0.6 is 0 Å². The van der Waals surface area contributed by atoms with Gasteiger partial charge in [-0.3, -0.25) is 0 Å². The van der Waals surface area contributed by atoms with Gasteiger partial charge in [-0.1, -0.05) is 275 Å². The molecule has 0 radical (unpaired) electrons. The maximum atomic E-state index is 7.55. The first-order valence-electron chi connectivity index (χ1n) is 39.4. The Bertz CT molecular complexity index is 4520. The Hall–Kier alpha value is -10.2. The van der Waals surface area contributed by atoms with E-state index < -0.39 is 0 Å². The summed E-state index contributed by atoms with van der Waals surface area (Å²) in [5.74, 6) is 11.3. The lowest BCUT2D eigenvalue weighted by Gasteiger charge is -2.24. The van der Waals surface area contributed by atoms with Crippen molar-refractivity contribution in [2.45, 2.75) is 237 Å². The number of aliphatic imine (C=N–C) groups is 6. The summed E-state index contributed by atoms with van der Waals surface area (Å²) in [6.45, 7) is 53.0. The molecule has 4 aliphatic rings. The fraction of sp³-hybridized carbons (Fsp3) is 0.375. The Balaban J connectivity index is 1.13. The largest absolute Gasteiger partial charge is 0.453 e. The standard InChI is InChI=1S/C96H108N6O6/c1-49(2)61-31-25-32-62(50(3)4)85(61)103-79-43-73-74(44-80(79)104-86-63(51(5)6)33-26-34-64(86)52(7)8)92-97-91(73)100-93-75-45-81(105-87-65(53(9)10)35-27-36-66(87)54(11)12)82(106-88-67(55(13)14)37-28-38-68(88)56(15)16)46-76(75)95(98-93)102-96-78-48-84(108-90-71(59(21)22)41-30-42-72(90)60(23)24)83(47-77(78)94(99-96)101-92)107-89-69(57(17)18)39-29-40-70(89)58(19)20/h25-60H,1-24H3. The van der Waals surface area contributed by atoms with Gasteiger partial charge in [0.1, 0.15) is 34.5 Å². The highest BCUT2D eigenvalue weighted by molar-refractivity contribution is 6.35. The number of nitrogens with zero attached hydrogens (tertiary/aromatic N) is 6. The molecule has 0 atom stereocenters. The average Bonchev–Trinajstić information content (AvgIpc) is 1.53. The molecule has 0 saturated heterocycles. The zero-order valence-corrected chi connectivity index (χ0v) is 67.9. The molecule has 0 aliphatic carbocycles. The van der Waals surface area contributed by atoms with Crippen LogP contribution in [-0.4, -0.2) is 35.0 Å². The fourth-order valence-electron chi connectivity index (χ4n) is 15.0. The number of fused-ring (bicyclic) bond motifs is 12. The number of ether oxygens (including phenoxy) is 6. The first-order chi connectivity index (χ1) is 51.5. The molecular weight excluding hydrogens is 1330 g/mol. The van der Waals surface area contributed by atoms with Crippen LogP contribution in [-0.2, 0) is 0 Å². The Morgan fingerprint density at radius 3 is 0.361 bits per heavy atom. The topological polar surface area (TPSA) is 130 Å². The predicted molar refractivity (Wildman–Crippen MR) is 447 cm³/mol. The normalized spacial score (nSPS) is 13.8. The summed E-state index contributed by atoms with van der Waals surface area (Å²) in [5, 5.41) is 0. The lowest BCUT2D eigenvalue weighted by atomic mass is 9.93. The molecule has 0 spiro atoms. The molecule has 6 bridgehead atoms. The summed E-state index contributed by atoms with van der Waals surface area (Å²) in [7, 11) is 0. The Kier molecular flexibility index (Phi) is 21.7. The van der Waals surface area contributed by atoms with Gasteiger partial charge < -0.3 is 28.4 Å². The van der Waals surface area contributed by atoms with Crippen molar-refractivity contribution in [2.24, 2.45) is 30.0 Å². The molecular formula is C96H108N6O6. The summed E-state index contributed by atoms with van der Waals surface area (Å²) < 4.78 is 45.3. The van der Waals surface area contributed by atoms with E-state index >= 15 is 0 Å². The molecule has 0 N–H and O–H groups in total. The number of benzene rings is 9. The van der Waals surface area contributed by atoms with Gasteiger partial charge in [0.2, 0.25) is 0 Å². The van der Waals surface area contributed by atoms with Gasteiger partial charge >= 0.3 is 0 Å². The highest BCUT2D eigenvalue weighted by Crippen LogP contribution is 2.52. The highest BCUT2D eigenvalue weighted by Gasteiger charge is 2.37. The number of hydrogen-bond acceptors (Lipinski definition) is 12. The summed E-state index contributed by atoms with van der Waals surface area (Å²) in [5.41, 5.74) is 16.8. The Labute approximate surface area is 641 Å². The molecule has 0 amide bonds. The summed E-state index contributed by atoms with van der Waals surface area (Å²) in [6.07, 6.45) is 0. The van der Waals surface area contributed by atoms with Crippen molar-refractivity contribution in [3.63, 3.8) is 0 Å². The van der Waals surface area contributed by atoms with E-state index in [4.69, 9.17) is 58.4 Å². The average molecular weight is 1440 g/mol. The minimum atomic E-state index is 0.127. The van der Waals surface area contributed by atoms with Crippen LogP contribution in [0.5, 0.6) is 69.0 Å². The van der Waals surface area contributed by atoms with Crippen LogP contribution in [0.2, 0.25) is 0 Å². The molecule has 4 aliphatic heterocycles. The van der Waals surface area contributed by atoms with Gasteiger partial charge in [-0.05, 0) is 174 Å². The first kappa shape index (κ1) is 76.0. The van der Waals surface area contributed by atoms with Gasteiger partial charge in [-0.2, -0.15) is 0 Å². The Morgan fingerprint density at radius 1 is 0.167 bits per heavy atom. The van der Waals surface area contributed by atoms with Gasteiger partial charge in [-0.25, -0.2) is 30.0 Å². The van der Waals surface area contributed by atoms with Crippen LogP contribution in [0.3, 0.4) is 0 Å². The van der Waals surface area contributed by atoms with E-state index in [2.05, 4.69) is 275 Å². The lowest BCUT2D eigenvalue weighted by Crippen LogP contribution is -2.07. The molecule has 108 heavy (non-hydrogen) atoms. The first-order valence-corrected chi connectivity index (χ1v) is 39.4. The third kappa shape index (κ3) is 14.7. The van der Waals surface area contributed by atoms with E-state index in [1.54, 1.807) is 0 Å². The van der Waals surface area contributed by atoms with Crippen LogP contribution < -0.4 is 28.4 Å². The van der Waals surface area contributed by atoms with Crippen LogP contribution in [0.1, 0.15) is 337 Å². The number of amidine groups is 6. The van der Waals surface area contributed by atoms with E-state index in [0.717, 1.165) is 101 Å². The van der Waals surface area contributed by atoms with Crippen LogP contribution in [0, 0.1) is 0 Å². The van der Waals surface area contributed by atoms with E-state index in [-0.39, 0.29) is 71.0 Å². The fourth-order valence-corrected chi connectivity index (χ4v) is 15.0. The molecule has 0 fully saturated rings. The van der Waals surface area contributed by atoms with Gasteiger partial charge in [0.25, 0.3) is 0 Å². The quantitative estimate of drug-likeness (QED) is 0.0592. The van der Waals surface area contributed by atoms with E-state index in [1.807, 2.05) is 36.4 Å². The van der Waals surface area contributed by atoms with Gasteiger partial charge in [-0.15, -0.1) is 0 Å². The van der Waals surface area contributed by atoms with Crippen LogP contribution in [0.4, 0.5) is 0 Å². The summed E-state index contributed by atoms with van der Waals surface area (Å²) in [6, 6.07) is 50.9. The van der Waals surface area contributed by atoms with E-state index in [9.17, 15) is 0 Å². The van der Waals surface area contributed by atoms with Crippen molar-refractivity contribution in [2.75, 3.05) is 0 Å². The van der Waals surface area contributed by atoms with Crippen molar-refractivity contribution in [3.8, 4) is 69.0 Å². The number of rotatable bonds is 24. The van der Waals surface area contributed by atoms with Gasteiger partial charge in [0, 0.05) is 33.4 Å². The molecule has 12 nitrogen and oxygen atoms in total. The molecule has 9 aromatic carbocycles. The molecule has 4 heterocycles. The van der Waals surface area contributed by atoms with Crippen molar-refractivity contribution in [3.05, 3.63) is 246 Å². The third-order valence-electron chi connectivity index (χ3n) is 21.2. The minimum absolute atomic E-state index is 0.127. The van der Waals surface area contributed by atoms with E-state index in [1.165, 1.54) is 0 Å². The number of hydrogen-bond donors (Lipinski definition) is 0. The Morgan fingerprint density at radius 2 is 0.269 bits per heavy atom. The second kappa shape index (κ2) is 30.8. The maximum Gasteiger partial charge on any atom is 0.170 e. The van der Waals surface area contributed by atoms with Crippen molar-refractivity contribution >= 4 is 35.0 Å². The maximum absolute atomic E-state index is 7.55. The summed E-state index contributed by atoms with van der Waals surface area (Å²) in [4.78, 5) is 33.7. The lowest BCUT2D eigenvalue weighted by molar-refractivity contribution is 0.404. The summed E-state index contributed by atoms with van der Waals surface area (Å²) >= 11 is 0. The smallest absolute Gasteiger partial charge is 0.170 e. The SMILES string of the molecule is CC(C)c1cccc(C(C)C)c1Oc1cc2c(cc1Oc1c(C(C)C)cccc1C(C)C)C1=NC3=NC(=NC4=NC(=NC2=N1)c1cc(Oc2c(C(C)C)cccc2C(C)C)c(Oc2c(C(C)C)cccc2C(C)C)cc14)c1cc(Oc2c(C(C)C)cccc2C(C)C)c(Oc2c(C(C)C)cccc2C(C)C)cc13. The van der Waals surface area contributed by atoms with Crippen LogP contribution in [0.25, 0.3) is 0 Å². The molecule has 558 valence electrons. The zero-order chi connectivity index (χ0) is 77.2. The van der Waals surface area contributed by atoms with Crippen LogP contribution in [0.15, 0.2) is 176 Å². The molecule has 0 aromatic heterocycles. The monoisotopic (exact) mass is 1440 g/mol. The predicted octanol–water partition coefficient (Wildman–Crippen LogP) is 27.9. The molecule has 9 aromatic rings. The molecule has 0 unspecified atom stereocenters. The van der Waals surface area contributed by atoms with Crippen molar-refractivity contribution < 1.29 is 28.4 Å². The second-order valence-corrected chi connectivity index (χ2v) is 33.2. The van der Waals surface area contributed by atoms with Gasteiger partial charge in [0.15, 0.2) is 69.5 Å². The third-order valence-corrected chi connectivity index (χ3v) is 21.2. The van der Waals surface area contributed by atoms with Gasteiger partial charge in [0.05, 0.1) is 0 Å².